The predicted molar refractivity (Wildman–Crippen MR) is 104 cm³/mol. The molecule has 4 nitrogen and oxygen atoms in total. The van der Waals surface area contributed by atoms with E-state index in [2.05, 4.69) is 0 Å². The minimum atomic E-state index is -0.254. The van der Waals surface area contributed by atoms with Gasteiger partial charge in [0.15, 0.2) is 0 Å². The van der Waals surface area contributed by atoms with Gasteiger partial charge in [0.1, 0.15) is 5.82 Å². The highest BCUT2D eigenvalue weighted by Gasteiger charge is 2.46. The summed E-state index contributed by atoms with van der Waals surface area (Å²) in [5.41, 5.74) is 1.03. The van der Waals surface area contributed by atoms with Crippen molar-refractivity contribution >= 4 is 29.2 Å². The second kappa shape index (κ2) is 7.64. The van der Waals surface area contributed by atoms with E-state index in [1.54, 1.807) is 34.4 Å². The molecule has 0 radical (unpaired) electrons. The van der Waals surface area contributed by atoms with Crippen LogP contribution in [0.5, 0.6) is 0 Å². The van der Waals surface area contributed by atoms with Crippen LogP contribution in [0.3, 0.4) is 0 Å². The van der Waals surface area contributed by atoms with Crippen molar-refractivity contribution in [3.05, 3.63) is 64.1 Å². The molecule has 4 rings (SSSR count). The first-order valence-corrected chi connectivity index (χ1v) is 10.0. The van der Waals surface area contributed by atoms with Gasteiger partial charge in [-0.15, -0.1) is 11.3 Å². The molecule has 2 amide bonds. The lowest BCUT2D eigenvalue weighted by molar-refractivity contribution is -0.138. The van der Waals surface area contributed by atoms with Gasteiger partial charge in [0.05, 0.1) is 0 Å². The maximum Gasteiger partial charge on any atom is 0.246 e. The molecule has 1 saturated heterocycles. The van der Waals surface area contributed by atoms with Crippen LogP contribution < -0.4 is 0 Å². The number of hydrogen-bond donors (Lipinski definition) is 0. The summed E-state index contributed by atoms with van der Waals surface area (Å²) in [5, 5.41) is 1.98. The van der Waals surface area contributed by atoms with Crippen LogP contribution in [-0.2, 0) is 9.59 Å². The van der Waals surface area contributed by atoms with E-state index in [1.165, 1.54) is 12.1 Å². The minimum absolute atomic E-state index is 0.00330. The Bertz CT molecular complexity index is 840. The van der Waals surface area contributed by atoms with Crippen molar-refractivity contribution < 1.29 is 14.0 Å². The summed E-state index contributed by atoms with van der Waals surface area (Å²) in [5.74, 6) is 0.0933. The molecule has 140 valence electrons. The largest absolute Gasteiger partial charge is 0.339 e. The molecule has 2 aromatic rings. The van der Waals surface area contributed by atoms with Crippen molar-refractivity contribution in [3.63, 3.8) is 0 Å². The molecule has 2 atom stereocenters. The van der Waals surface area contributed by atoms with Gasteiger partial charge in [0.25, 0.3) is 0 Å². The molecule has 2 heterocycles. The SMILES string of the molecule is O=C(/C=C/c1cccs1)N1CCN(C(=O)[C@H]2C[C@@H]2c2ccc(F)cc2)CC1. The number of thiophene rings is 1. The molecule has 0 unspecified atom stereocenters. The van der Waals surface area contributed by atoms with Gasteiger partial charge < -0.3 is 9.80 Å². The van der Waals surface area contributed by atoms with E-state index in [-0.39, 0.29) is 29.5 Å². The molecule has 0 spiro atoms. The molecule has 0 bridgehead atoms. The number of rotatable bonds is 4. The van der Waals surface area contributed by atoms with Crippen LogP contribution in [-0.4, -0.2) is 47.8 Å². The maximum atomic E-state index is 13.0. The van der Waals surface area contributed by atoms with Crippen LogP contribution >= 0.6 is 11.3 Å². The molecule has 2 aliphatic rings. The second-order valence-electron chi connectivity index (χ2n) is 7.00. The third-order valence-corrected chi connectivity index (χ3v) is 6.08. The molecule has 27 heavy (non-hydrogen) atoms. The Morgan fingerprint density at radius 2 is 1.74 bits per heavy atom. The van der Waals surface area contributed by atoms with Gasteiger partial charge in [-0.2, -0.15) is 0 Å². The lowest BCUT2D eigenvalue weighted by Crippen LogP contribution is -2.50. The molecule has 1 aromatic carbocycles. The summed E-state index contributed by atoms with van der Waals surface area (Å²) in [6.07, 6.45) is 4.27. The third kappa shape index (κ3) is 4.11. The molecule has 6 heteroatoms. The fourth-order valence-electron chi connectivity index (χ4n) is 3.57. The van der Waals surface area contributed by atoms with Crippen LogP contribution in [0.25, 0.3) is 6.08 Å². The van der Waals surface area contributed by atoms with E-state index in [1.807, 2.05) is 28.5 Å². The number of amides is 2. The van der Waals surface area contributed by atoms with Crippen molar-refractivity contribution in [2.24, 2.45) is 5.92 Å². The molecular weight excluding hydrogens is 363 g/mol. The average Bonchev–Trinajstić information content (AvgIpc) is 3.32. The minimum Gasteiger partial charge on any atom is -0.339 e. The van der Waals surface area contributed by atoms with Crippen LogP contribution in [0.2, 0.25) is 0 Å². The lowest BCUT2D eigenvalue weighted by atomic mass is 10.1. The van der Waals surface area contributed by atoms with Crippen molar-refractivity contribution in [3.8, 4) is 0 Å². The van der Waals surface area contributed by atoms with Gasteiger partial charge >= 0.3 is 0 Å². The lowest BCUT2D eigenvalue weighted by Gasteiger charge is -2.34. The van der Waals surface area contributed by atoms with Gasteiger partial charge in [0, 0.05) is 43.1 Å². The van der Waals surface area contributed by atoms with Gasteiger partial charge in [0.2, 0.25) is 11.8 Å². The Morgan fingerprint density at radius 1 is 1.04 bits per heavy atom. The number of benzene rings is 1. The Morgan fingerprint density at radius 3 is 2.41 bits per heavy atom. The molecule has 1 aromatic heterocycles. The number of halogens is 1. The molecule has 0 N–H and O–H groups in total. The van der Waals surface area contributed by atoms with E-state index < -0.39 is 0 Å². The first kappa shape index (κ1) is 17.9. The zero-order valence-corrected chi connectivity index (χ0v) is 15.7. The smallest absolute Gasteiger partial charge is 0.246 e. The van der Waals surface area contributed by atoms with Crippen molar-refractivity contribution in [2.75, 3.05) is 26.2 Å². The Hall–Kier alpha value is -2.47. The molecule has 1 aliphatic carbocycles. The highest BCUT2D eigenvalue weighted by Crippen LogP contribution is 2.48. The molecule has 1 aliphatic heterocycles. The predicted octanol–water partition coefficient (Wildman–Crippen LogP) is 3.37. The quantitative estimate of drug-likeness (QED) is 0.759. The van der Waals surface area contributed by atoms with Gasteiger partial charge in [-0.1, -0.05) is 18.2 Å². The Labute approximate surface area is 161 Å². The summed E-state index contributed by atoms with van der Waals surface area (Å²) in [7, 11) is 0. The standard InChI is InChI=1S/C21H21FN2O2S/c22-16-5-3-15(4-6-16)18-14-19(18)21(26)24-11-9-23(10-12-24)20(25)8-7-17-2-1-13-27-17/h1-8,13,18-19H,9-12,14H2/b8-7+/t18-,19+/m1/s1. The Balaban J connectivity index is 1.27. The van der Waals surface area contributed by atoms with Crippen molar-refractivity contribution in [2.45, 2.75) is 12.3 Å². The molecule has 2 fully saturated rings. The monoisotopic (exact) mass is 384 g/mol. The van der Waals surface area contributed by atoms with Crippen LogP contribution in [0.1, 0.15) is 22.8 Å². The fraction of sp³-hybridized carbons (Fsp3) is 0.333. The van der Waals surface area contributed by atoms with E-state index in [9.17, 15) is 14.0 Å². The number of carbonyl (C=O) groups excluding carboxylic acids is 2. The first-order valence-electron chi connectivity index (χ1n) is 9.16. The fourth-order valence-corrected chi connectivity index (χ4v) is 4.19. The number of hydrogen-bond acceptors (Lipinski definition) is 3. The third-order valence-electron chi connectivity index (χ3n) is 5.24. The second-order valence-corrected chi connectivity index (χ2v) is 7.98. The highest BCUT2D eigenvalue weighted by atomic mass is 32.1. The Kier molecular flexibility index (Phi) is 5.07. The number of nitrogens with zero attached hydrogens (tertiary/aromatic N) is 2. The zero-order chi connectivity index (χ0) is 18.8. The topological polar surface area (TPSA) is 40.6 Å². The van der Waals surface area contributed by atoms with Crippen molar-refractivity contribution in [1.29, 1.82) is 0 Å². The zero-order valence-electron chi connectivity index (χ0n) is 14.9. The van der Waals surface area contributed by atoms with Crippen LogP contribution in [0, 0.1) is 11.7 Å². The van der Waals surface area contributed by atoms with Crippen LogP contribution in [0.15, 0.2) is 47.9 Å². The summed E-state index contributed by atoms with van der Waals surface area (Å²) in [6, 6.07) is 10.4. The first-order chi connectivity index (χ1) is 13.1. The molecular formula is C21H21FN2O2S. The summed E-state index contributed by atoms with van der Waals surface area (Å²) >= 11 is 1.59. The van der Waals surface area contributed by atoms with Crippen LogP contribution in [0.4, 0.5) is 4.39 Å². The van der Waals surface area contributed by atoms with Gasteiger partial charge in [-0.25, -0.2) is 4.39 Å². The molecule has 1 saturated carbocycles. The average molecular weight is 384 g/mol. The number of carbonyl (C=O) groups is 2. The maximum absolute atomic E-state index is 13.0. The normalized spacial score (nSPS) is 22.3. The van der Waals surface area contributed by atoms with E-state index in [0.717, 1.165) is 16.9 Å². The number of piperazine rings is 1. The van der Waals surface area contributed by atoms with Crippen molar-refractivity contribution in [1.82, 2.24) is 9.80 Å². The highest BCUT2D eigenvalue weighted by molar-refractivity contribution is 7.10. The van der Waals surface area contributed by atoms with Gasteiger partial charge in [-0.3, -0.25) is 9.59 Å². The summed E-state index contributed by atoms with van der Waals surface area (Å²) < 4.78 is 13.0. The van der Waals surface area contributed by atoms with E-state index in [4.69, 9.17) is 0 Å². The van der Waals surface area contributed by atoms with E-state index in [0.29, 0.717) is 26.2 Å². The summed E-state index contributed by atoms with van der Waals surface area (Å²) in [6.45, 7) is 2.27. The summed E-state index contributed by atoms with van der Waals surface area (Å²) in [4.78, 5) is 29.7. The van der Waals surface area contributed by atoms with E-state index >= 15 is 0 Å². The van der Waals surface area contributed by atoms with Gasteiger partial charge in [-0.05, 0) is 47.6 Å².